The van der Waals surface area contributed by atoms with Gasteiger partial charge in [-0.1, -0.05) is 24.3 Å². The molecule has 1 unspecified atom stereocenters. The molecule has 0 aromatic heterocycles. The molecule has 5 heteroatoms. The molecule has 1 N–H and O–H groups in total. The lowest BCUT2D eigenvalue weighted by Crippen LogP contribution is -2.47. The minimum atomic E-state index is -0.576. The molecule has 1 aromatic rings. The molecule has 0 radical (unpaired) electrons. The largest absolute Gasteiger partial charge is 0.497 e. The van der Waals surface area contributed by atoms with Crippen molar-refractivity contribution in [1.29, 1.82) is 0 Å². The third-order valence-electron chi connectivity index (χ3n) is 3.56. The number of amides is 2. The minimum absolute atomic E-state index is 0.146. The second-order valence-corrected chi connectivity index (χ2v) is 5.46. The summed E-state index contributed by atoms with van der Waals surface area (Å²) in [6.07, 6.45) is 4.24. The Bertz CT molecular complexity index is 556. The highest BCUT2D eigenvalue weighted by molar-refractivity contribution is 5.87. The second kappa shape index (κ2) is 10.3. The summed E-state index contributed by atoms with van der Waals surface area (Å²) in [5.41, 5.74) is 1.05. The van der Waals surface area contributed by atoms with E-state index in [1.54, 1.807) is 31.1 Å². The van der Waals surface area contributed by atoms with E-state index in [4.69, 9.17) is 4.74 Å². The van der Waals surface area contributed by atoms with Gasteiger partial charge in [-0.3, -0.25) is 9.59 Å². The molecule has 0 fully saturated rings. The molecule has 0 bridgehead atoms. The maximum absolute atomic E-state index is 12.3. The van der Waals surface area contributed by atoms with Gasteiger partial charge in [-0.05, 0) is 31.0 Å². The van der Waals surface area contributed by atoms with Crippen LogP contribution in [0, 0.1) is 0 Å². The highest BCUT2D eigenvalue weighted by Crippen LogP contribution is 2.12. The molecule has 0 saturated carbocycles. The van der Waals surface area contributed by atoms with Crippen LogP contribution in [0.25, 0.3) is 0 Å². The number of hydrogen-bond donors (Lipinski definition) is 1. The van der Waals surface area contributed by atoms with E-state index in [1.807, 2.05) is 24.3 Å². The first-order valence-corrected chi connectivity index (χ1v) is 7.94. The van der Waals surface area contributed by atoms with Gasteiger partial charge in [-0.25, -0.2) is 0 Å². The summed E-state index contributed by atoms with van der Waals surface area (Å²) in [7, 11) is 1.61. The van der Waals surface area contributed by atoms with Crippen molar-refractivity contribution in [2.75, 3.05) is 20.2 Å². The molecule has 0 aliphatic rings. The Balaban J connectivity index is 2.48. The van der Waals surface area contributed by atoms with Gasteiger partial charge >= 0.3 is 0 Å². The van der Waals surface area contributed by atoms with E-state index < -0.39 is 6.04 Å². The maximum Gasteiger partial charge on any atom is 0.245 e. The molecule has 2 amide bonds. The van der Waals surface area contributed by atoms with Gasteiger partial charge in [0.25, 0.3) is 0 Å². The lowest BCUT2D eigenvalue weighted by molar-refractivity contribution is -0.135. The monoisotopic (exact) mass is 330 g/mol. The van der Waals surface area contributed by atoms with Crippen molar-refractivity contribution in [3.8, 4) is 5.75 Å². The van der Waals surface area contributed by atoms with Gasteiger partial charge in [-0.2, -0.15) is 0 Å². The van der Waals surface area contributed by atoms with Crippen molar-refractivity contribution < 1.29 is 14.3 Å². The van der Waals surface area contributed by atoms with Crippen molar-refractivity contribution in [1.82, 2.24) is 10.2 Å². The molecule has 0 aliphatic carbocycles. The molecule has 0 heterocycles. The van der Waals surface area contributed by atoms with Gasteiger partial charge in [0.2, 0.25) is 11.8 Å². The van der Waals surface area contributed by atoms with Crippen LogP contribution in [0.3, 0.4) is 0 Å². The van der Waals surface area contributed by atoms with Crippen LogP contribution >= 0.6 is 0 Å². The SMILES string of the molecule is C=CCN(CC=C)C(=O)C(C)NC(=O)CCc1ccc(OC)cc1. The molecule has 0 saturated heterocycles. The fourth-order valence-corrected chi connectivity index (χ4v) is 2.27. The highest BCUT2D eigenvalue weighted by atomic mass is 16.5. The summed E-state index contributed by atoms with van der Waals surface area (Å²) in [6, 6.07) is 7.00. The standard InChI is InChI=1S/C19H26N2O3/c1-5-13-21(14-6-2)19(23)15(3)20-18(22)12-9-16-7-10-17(24-4)11-8-16/h5-8,10-11,15H,1-2,9,12-14H2,3-4H3,(H,20,22). The Kier molecular flexibility index (Phi) is 8.33. The van der Waals surface area contributed by atoms with Crippen molar-refractivity contribution in [3.05, 3.63) is 55.1 Å². The van der Waals surface area contributed by atoms with Crippen LogP contribution in [-0.2, 0) is 16.0 Å². The molecule has 130 valence electrons. The van der Waals surface area contributed by atoms with Crippen LogP contribution < -0.4 is 10.1 Å². The number of carbonyl (C=O) groups excluding carboxylic acids is 2. The molecule has 1 aromatic carbocycles. The maximum atomic E-state index is 12.3. The van der Waals surface area contributed by atoms with Crippen LogP contribution in [-0.4, -0.2) is 43.0 Å². The van der Waals surface area contributed by atoms with E-state index in [0.717, 1.165) is 11.3 Å². The molecule has 5 nitrogen and oxygen atoms in total. The summed E-state index contributed by atoms with van der Waals surface area (Å²) >= 11 is 0. The number of aryl methyl sites for hydroxylation is 1. The van der Waals surface area contributed by atoms with Crippen molar-refractivity contribution in [2.24, 2.45) is 0 Å². The van der Waals surface area contributed by atoms with Crippen LogP contribution in [0.5, 0.6) is 5.75 Å². The number of nitrogens with one attached hydrogen (secondary N) is 1. The third-order valence-corrected chi connectivity index (χ3v) is 3.56. The van der Waals surface area contributed by atoms with E-state index in [2.05, 4.69) is 18.5 Å². The van der Waals surface area contributed by atoms with Gasteiger partial charge in [0.15, 0.2) is 0 Å². The van der Waals surface area contributed by atoms with Crippen LogP contribution in [0.2, 0.25) is 0 Å². The van der Waals surface area contributed by atoms with Gasteiger partial charge in [0, 0.05) is 19.5 Å². The van der Waals surface area contributed by atoms with Gasteiger partial charge in [0.05, 0.1) is 7.11 Å². The lowest BCUT2D eigenvalue weighted by Gasteiger charge is -2.23. The summed E-state index contributed by atoms with van der Waals surface area (Å²) < 4.78 is 5.10. The zero-order valence-corrected chi connectivity index (χ0v) is 14.5. The summed E-state index contributed by atoms with van der Waals surface area (Å²) in [4.78, 5) is 25.9. The summed E-state index contributed by atoms with van der Waals surface area (Å²) in [6.45, 7) is 9.81. The molecular weight excluding hydrogens is 304 g/mol. The van der Waals surface area contributed by atoms with E-state index in [1.165, 1.54) is 0 Å². The minimum Gasteiger partial charge on any atom is -0.497 e. The number of nitrogens with zero attached hydrogens (tertiary/aromatic N) is 1. The smallest absolute Gasteiger partial charge is 0.245 e. The highest BCUT2D eigenvalue weighted by Gasteiger charge is 2.20. The zero-order valence-electron chi connectivity index (χ0n) is 14.5. The van der Waals surface area contributed by atoms with Gasteiger partial charge < -0.3 is 15.0 Å². The average molecular weight is 330 g/mol. The number of rotatable bonds is 10. The summed E-state index contributed by atoms with van der Waals surface area (Å²) in [5.74, 6) is 0.489. The zero-order chi connectivity index (χ0) is 17.9. The molecule has 1 rings (SSSR count). The van der Waals surface area contributed by atoms with E-state index in [9.17, 15) is 9.59 Å². The van der Waals surface area contributed by atoms with E-state index >= 15 is 0 Å². The Hall–Kier alpha value is -2.56. The number of hydrogen-bond acceptors (Lipinski definition) is 3. The third kappa shape index (κ3) is 6.28. The fraction of sp³-hybridized carbons (Fsp3) is 0.368. The number of benzene rings is 1. The number of ether oxygens (including phenoxy) is 1. The molecule has 1 atom stereocenters. The van der Waals surface area contributed by atoms with Crippen LogP contribution in [0.4, 0.5) is 0 Å². The Morgan fingerprint density at radius 1 is 1.21 bits per heavy atom. The normalized spacial score (nSPS) is 11.2. The first-order chi connectivity index (χ1) is 11.5. The first kappa shape index (κ1) is 19.5. The second-order valence-electron chi connectivity index (χ2n) is 5.46. The van der Waals surface area contributed by atoms with Gasteiger partial charge in [-0.15, -0.1) is 13.2 Å². The van der Waals surface area contributed by atoms with Crippen molar-refractivity contribution >= 4 is 11.8 Å². The predicted octanol–water partition coefficient (Wildman–Crippen LogP) is 2.33. The topological polar surface area (TPSA) is 58.6 Å². The van der Waals surface area contributed by atoms with Crippen molar-refractivity contribution in [2.45, 2.75) is 25.8 Å². The fourth-order valence-electron chi connectivity index (χ4n) is 2.27. The molecular formula is C19H26N2O3. The quantitative estimate of drug-likeness (QED) is 0.670. The van der Waals surface area contributed by atoms with E-state index in [-0.39, 0.29) is 11.8 Å². The predicted molar refractivity (Wildman–Crippen MR) is 95.9 cm³/mol. The Morgan fingerprint density at radius 2 is 1.79 bits per heavy atom. The van der Waals surface area contributed by atoms with Gasteiger partial charge in [0.1, 0.15) is 11.8 Å². The summed E-state index contributed by atoms with van der Waals surface area (Å²) in [5, 5.41) is 2.75. The Labute approximate surface area is 144 Å². The number of methoxy groups -OCH3 is 1. The van der Waals surface area contributed by atoms with E-state index in [0.29, 0.717) is 25.9 Å². The molecule has 0 spiro atoms. The molecule has 24 heavy (non-hydrogen) atoms. The van der Waals surface area contributed by atoms with Crippen molar-refractivity contribution in [3.63, 3.8) is 0 Å². The first-order valence-electron chi connectivity index (χ1n) is 7.94. The Morgan fingerprint density at radius 3 is 2.29 bits per heavy atom. The van der Waals surface area contributed by atoms with Crippen LogP contribution in [0.15, 0.2) is 49.6 Å². The lowest BCUT2D eigenvalue weighted by atomic mass is 10.1. The van der Waals surface area contributed by atoms with Crippen LogP contribution in [0.1, 0.15) is 18.9 Å². The molecule has 0 aliphatic heterocycles. The number of carbonyl (C=O) groups is 2. The average Bonchev–Trinajstić information content (AvgIpc) is 2.59.